The maximum Gasteiger partial charge on any atom is 0.387 e. The second-order valence-electron chi connectivity index (χ2n) is 5.74. The molecule has 3 aromatic rings. The molecule has 0 aliphatic carbocycles. The lowest BCUT2D eigenvalue weighted by molar-refractivity contribution is -0.0498. The summed E-state index contributed by atoms with van der Waals surface area (Å²) in [6, 6.07) is 12.1. The van der Waals surface area contributed by atoms with Crippen LogP contribution in [0.3, 0.4) is 0 Å². The molecule has 0 aliphatic rings. The lowest BCUT2D eigenvalue weighted by atomic mass is 10.1. The number of hydrogen-bond donors (Lipinski definition) is 0. The molecule has 0 saturated heterocycles. The van der Waals surface area contributed by atoms with Gasteiger partial charge >= 0.3 is 6.61 Å². The van der Waals surface area contributed by atoms with E-state index < -0.39 is 6.61 Å². The summed E-state index contributed by atoms with van der Waals surface area (Å²) < 4.78 is 40.0. The van der Waals surface area contributed by atoms with Crippen LogP contribution in [-0.4, -0.2) is 29.2 Å². The Bertz CT molecular complexity index is 885. The normalized spacial score (nSPS) is 11.0. The van der Waals surface area contributed by atoms with Crippen molar-refractivity contribution in [1.29, 1.82) is 0 Å². The van der Waals surface area contributed by atoms with Crippen LogP contribution in [0.15, 0.2) is 52.1 Å². The zero-order valence-corrected chi connectivity index (χ0v) is 15.6. The lowest BCUT2D eigenvalue weighted by Gasteiger charge is -2.08. The molecule has 5 nitrogen and oxygen atoms in total. The third-order valence-electron chi connectivity index (χ3n) is 3.64. The maximum absolute atomic E-state index is 12.2. The van der Waals surface area contributed by atoms with Crippen LogP contribution >= 0.6 is 11.8 Å². The fraction of sp³-hybridized carbons (Fsp3) is 0.263. The average Bonchev–Trinajstić information content (AvgIpc) is 3.10. The van der Waals surface area contributed by atoms with Crippen LogP contribution in [0, 0.1) is 13.8 Å². The molecular formula is C19H18F2N2O3S. The fourth-order valence-corrected chi connectivity index (χ4v) is 2.88. The minimum absolute atomic E-state index is 0.0754. The summed E-state index contributed by atoms with van der Waals surface area (Å²) in [5.74, 6) is 1.91. The molecule has 0 spiro atoms. The van der Waals surface area contributed by atoms with Gasteiger partial charge < -0.3 is 13.9 Å². The quantitative estimate of drug-likeness (QED) is 0.391. The van der Waals surface area contributed by atoms with Crippen molar-refractivity contribution in [3.05, 3.63) is 53.6 Å². The summed E-state index contributed by atoms with van der Waals surface area (Å²) in [4.78, 5) is 0. The minimum atomic E-state index is -2.85. The van der Waals surface area contributed by atoms with Gasteiger partial charge in [0.2, 0.25) is 5.89 Å². The van der Waals surface area contributed by atoms with Crippen molar-refractivity contribution in [2.24, 2.45) is 0 Å². The maximum atomic E-state index is 12.2. The predicted molar refractivity (Wildman–Crippen MR) is 98.5 cm³/mol. The summed E-state index contributed by atoms with van der Waals surface area (Å²) in [6.07, 6.45) is 0. The molecule has 1 heterocycles. The highest BCUT2D eigenvalue weighted by atomic mass is 32.2. The van der Waals surface area contributed by atoms with Crippen LogP contribution in [-0.2, 0) is 0 Å². The van der Waals surface area contributed by atoms with Gasteiger partial charge in [-0.1, -0.05) is 23.9 Å². The van der Waals surface area contributed by atoms with E-state index in [4.69, 9.17) is 9.15 Å². The Balaban J connectivity index is 1.51. The number of thioether (sulfide) groups is 1. The molecule has 0 saturated carbocycles. The van der Waals surface area contributed by atoms with Crippen molar-refractivity contribution in [3.63, 3.8) is 0 Å². The number of halogens is 2. The molecule has 0 fully saturated rings. The van der Waals surface area contributed by atoms with Gasteiger partial charge in [-0.15, -0.1) is 10.2 Å². The van der Waals surface area contributed by atoms with Crippen molar-refractivity contribution < 1.29 is 22.7 Å². The molecule has 142 valence electrons. The summed E-state index contributed by atoms with van der Waals surface area (Å²) in [5.41, 5.74) is 2.86. The standard InChI is InChI=1S/C19H18F2N2O3S/c1-12-3-4-13(2)16(11-12)24-9-10-27-19-23-22-17(26-19)14-5-7-15(8-6-14)25-18(20)21/h3-8,11,18H,9-10H2,1-2H3. The van der Waals surface area contributed by atoms with Crippen LogP contribution in [0.25, 0.3) is 11.5 Å². The van der Waals surface area contributed by atoms with E-state index in [0.29, 0.717) is 29.0 Å². The first-order chi connectivity index (χ1) is 13.0. The lowest BCUT2D eigenvalue weighted by Crippen LogP contribution is -2.01. The van der Waals surface area contributed by atoms with Crippen molar-refractivity contribution >= 4 is 11.8 Å². The Hall–Kier alpha value is -2.61. The molecule has 8 heteroatoms. The van der Waals surface area contributed by atoms with E-state index in [9.17, 15) is 8.78 Å². The van der Waals surface area contributed by atoms with Crippen molar-refractivity contribution in [3.8, 4) is 23.0 Å². The highest BCUT2D eigenvalue weighted by Gasteiger charge is 2.10. The van der Waals surface area contributed by atoms with E-state index in [0.717, 1.165) is 16.9 Å². The molecule has 2 aromatic carbocycles. The Kier molecular flexibility index (Phi) is 6.28. The predicted octanol–water partition coefficient (Wildman–Crippen LogP) is 5.13. The highest BCUT2D eigenvalue weighted by molar-refractivity contribution is 7.99. The van der Waals surface area contributed by atoms with Crippen molar-refractivity contribution in [2.75, 3.05) is 12.4 Å². The number of aryl methyl sites for hydroxylation is 2. The molecule has 0 unspecified atom stereocenters. The summed E-state index contributed by atoms with van der Waals surface area (Å²) in [7, 11) is 0. The third kappa shape index (κ3) is 5.43. The van der Waals surface area contributed by atoms with E-state index in [1.807, 2.05) is 32.0 Å². The number of aromatic nitrogens is 2. The minimum Gasteiger partial charge on any atom is -0.492 e. The Morgan fingerprint density at radius 1 is 1.07 bits per heavy atom. The van der Waals surface area contributed by atoms with Gasteiger partial charge in [0, 0.05) is 11.3 Å². The number of ether oxygens (including phenoxy) is 2. The van der Waals surface area contributed by atoms with Crippen LogP contribution in [0.1, 0.15) is 11.1 Å². The van der Waals surface area contributed by atoms with Gasteiger partial charge in [-0.05, 0) is 55.3 Å². The Labute approximate surface area is 159 Å². The molecule has 0 radical (unpaired) electrons. The van der Waals surface area contributed by atoms with E-state index in [1.54, 1.807) is 12.1 Å². The van der Waals surface area contributed by atoms with Gasteiger partial charge in [0.1, 0.15) is 11.5 Å². The number of benzene rings is 2. The zero-order valence-electron chi connectivity index (χ0n) is 14.8. The number of alkyl halides is 2. The molecule has 0 amide bonds. The first kappa shape index (κ1) is 19.2. The fourth-order valence-electron chi connectivity index (χ4n) is 2.31. The molecule has 1 aromatic heterocycles. The van der Waals surface area contributed by atoms with Gasteiger partial charge in [0.15, 0.2) is 0 Å². The Morgan fingerprint density at radius 3 is 2.59 bits per heavy atom. The molecule has 0 bridgehead atoms. The second kappa shape index (κ2) is 8.85. The second-order valence-corrected chi connectivity index (χ2v) is 6.79. The van der Waals surface area contributed by atoms with Gasteiger partial charge in [-0.3, -0.25) is 0 Å². The zero-order chi connectivity index (χ0) is 19.2. The molecular weight excluding hydrogens is 374 g/mol. The van der Waals surface area contributed by atoms with Crippen LogP contribution < -0.4 is 9.47 Å². The molecule has 0 N–H and O–H groups in total. The number of nitrogens with zero attached hydrogens (tertiary/aromatic N) is 2. The smallest absolute Gasteiger partial charge is 0.387 e. The van der Waals surface area contributed by atoms with Gasteiger partial charge in [0.05, 0.1) is 6.61 Å². The molecule has 3 rings (SSSR count). The van der Waals surface area contributed by atoms with E-state index >= 15 is 0 Å². The van der Waals surface area contributed by atoms with Crippen molar-refractivity contribution in [1.82, 2.24) is 10.2 Å². The van der Waals surface area contributed by atoms with Crippen LogP contribution in [0.5, 0.6) is 11.5 Å². The summed E-state index contributed by atoms with van der Waals surface area (Å²) >= 11 is 1.39. The topological polar surface area (TPSA) is 57.4 Å². The number of hydrogen-bond acceptors (Lipinski definition) is 6. The van der Waals surface area contributed by atoms with E-state index in [1.165, 1.54) is 23.9 Å². The van der Waals surface area contributed by atoms with Gasteiger partial charge in [-0.25, -0.2) is 0 Å². The average molecular weight is 392 g/mol. The van der Waals surface area contributed by atoms with E-state index in [-0.39, 0.29) is 5.75 Å². The monoisotopic (exact) mass is 392 g/mol. The summed E-state index contributed by atoms with van der Waals surface area (Å²) in [6.45, 7) is 1.68. The molecule has 27 heavy (non-hydrogen) atoms. The first-order valence-electron chi connectivity index (χ1n) is 8.23. The van der Waals surface area contributed by atoms with Crippen LogP contribution in [0.4, 0.5) is 8.78 Å². The Morgan fingerprint density at radius 2 is 1.85 bits per heavy atom. The SMILES string of the molecule is Cc1ccc(C)c(OCCSc2nnc(-c3ccc(OC(F)F)cc3)o2)c1. The summed E-state index contributed by atoms with van der Waals surface area (Å²) in [5, 5.41) is 8.37. The van der Waals surface area contributed by atoms with Crippen LogP contribution in [0.2, 0.25) is 0 Å². The van der Waals surface area contributed by atoms with E-state index in [2.05, 4.69) is 14.9 Å². The first-order valence-corrected chi connectivity index (χ1v) is 9.21. The molecule has 0 atom stereocenters. The molecule has 0 aliphatic heterocycles. The third-order valence-corrected chi connectivity index (χ3v) is 4.43. The van der Waals surface area contributed by atoms with Crippen molar-refractivity contribution in [2.45, 2.75) is 25.7 Å². The highest BCUT2D eigenvalue weighted by Crippen LogP contribution is 2.26. The van der Waals surface area contributed by atoms with Gasteiger partial charge in [0.25, 0.3) is 5.22 Å². The largest absolute Gasteiger partial charge is 0.492 e. The number of rotatable bonds is 8. The van der Waals surface area contributed by atoms with Gasteiger partial charge in [-0.2, -0.15) is 8.78 Å².